The highest BCUT2D eigenvalue weighted by atomic mass is 16.3. The minimum Gasteiger partial charge on any atom is -0.390 e. The molecule has 2 atom stereocenters. The molecule has 0 bridgehead atoms. The van der Waals surface area contributed by atoms with Crippen LogP contribution in [-0.4, -0.2) is 29.9 Å². The fraction of sp³-hybridized carbons (Fsp3) is 0.500. The first-order valence-corrected chi connectivity index (χ1v) is 5.49. The van der Waals surface area contributed by atoms with E-state index >= 15 is 0 Å². The molecule has 4 heteroatoms. The minimum absolute atomic E-state index is 0.367. The Morgan fingerprint density at radius 3 is 2.62 bits per heavy atom. The third-order valence-electron chi connectivity index (χ3n) is 2.57. The summed E-state index contributed by atoms with van der Waals surface area (Å²) in [6.07, 6.45) is -1.27. The van der Waals surface area contributed by atoms with Gasteiger partial charge in [0, 0.05) is 6.54 Å². The molecule has 1 aromatic carbocycles. The highest BCUT2D eigenvalue weighted by Gasteiger charge is 2.19. The Morgan fingerprint density at radius 1 is 1.31 bits per heavy atom. The summed E-state index contributed by atoms with van der Waals surface area (Å²) in [6, 6.07) is 7.53. The average molecular weight is 224 g/mol. The molecule has 0 radical (unpaired) electrons. The van der Waals surface area contributed by atoms with Crippen LogP contribution in [0.3, 0.4) is 0 Å². The van der Waals surface area contributed by atoms with Crippen LogP contribution in [0.2, 0.25) is 0 Å². The van der Waals surface area contributed by atoms with Gasteiger partial charge >= 0.3 is 0 Å². The van der Waals surface area contributed by atoms with Crippen LogP contribution >= 0.6 is 0 Å². The number of nitrogens with one attached hydrogen (secondary N) is 1. The topological polar surface area (TPSA) is 78.5 Å². The van der Waals surface area contributed by atoms with Crippen LogP contribution in [0.4, 0.5) is 0 Å². The quantitative estimate of drug-likeness (QED) is 0.554. The summed E-state index contributed by atoms with van der Waals surface area (Å²) in [4.78, 5) is 0. The minimum atomic E-state index is -0.867. The Morgan fingerprint density at radius 2 is 2.00 bits per heavy atom. The molecule has 16 heavy (non-hydrogen) atoms. The van der Waals surface area contributed by atoms with Crippen molar-refractivity contribution in [3.05, 3.63) is 35.4 Å². The number of benzene rings is 1. The maximum atomic E-state index is 9.99. The van der Waals surface area contributed by atoms with Crippen molar-refractivity contribution in [2.24, 2.45) is 5.73 Å². The van der Waals surface area contributed by atoms with Crippen molar-refractivity contribution in [1.29, 1.82) is 0 Å². The van der Waals surface area contributed by atoms with Crippen molar-refractivity contribution in [1.82, 2.24) is 5.32 Å². The van der Waals surface area contributed by atoms with Gasteiger partial charge < -0.3 is 21.3 Å². The molecule has 0 aliphatic rings. The van der Waals surface area contributed by atoms with Gasteiger partial charge in [-0.25, -0.2) is 0 Å². The van der Waals surface area contributed by atoms with Crippen LogP contribution in [0.25, 0.3) is 0 Å². The fourth-order valence-corrected chi connectivity index (χ4v) is 1.71. The van der Waals surface area contributed by atoms with Crippen LogP contribution in [0.15, 0.2) is 24.3 Å². The van der Waals surface area contributed by atoms with Crippen LogP contribution < -0.4 is 11.1 Å². The molecule has 2 unspecified atom stereocenters. The fourth-order valence-electron chi connectivity index (χ4n) is 1.71. The second kappa shape index (κ2) is 6.60. The highest BCUT2D eigenvalue weighted by Crippen LogP contribution is 2.22. The van der Waals surface area contributed by atoms with Crippen LogP contribution in [0, 0.1) is 0 Å². The monoisotopic (exact) mass is 224 g/mol. The van der Waals surface area contributed by atoms with Crippen molar-refractivity contribution in [2.45, 2.75) is 25.2 Å². The van der Waals surface area contributed by atoms with E-state index in [-0.39, 0.29) is 0 Å². The summed E-state index contributed by atoms with van der Waals surface area (Å²) in [7, 11) is 1.85. The van der Waals surface area contributed by atoms with E-state index in [1.165, 1.54) is 0 Å². The molecule has 0 heterocycles. The maximum absolute atomic E-state index is 9.99. The molecule has 90 valence electrons. The number of nitrogens with two attached hydrogens (primary N) is 1. The summed E-state index contributed by atoms with van der Waals surface area (Å²) < 4.78 is 0. The van der Waals surface area contributed by atoms with E-state index in [4.69, 9.17) is 5.73 Å². The summed E-state index contributed by atoms with van der Waals surface area (Å²) in [6.45, 7) is 1.04. The molecular formula is C12H20N2O2. The molecule has 0 aliphatic carbocycles. The Labute approximate surface area is 96.1 Å². The molecule has 0 aliphatic heterocycles. The van der Waals surface area contributed by atoms with Gasteiger partial charge in [-0.05, 0) is 31.1 Å². The van der Waals surface area contributed by atoms with Crippen molar-refractivity contribution in [2.75, 3.05) is 13.6 Å². The lowest BCUT2D eigenvalue weighted by Crippen LogP contribution is -2.23. The largest absolute Gasteiger partial charge is 0.390 e. The zero-order chi connectivity index (χ0) is 12.0. The second-order valence-corrected chi connectivity index (χ2v) is 3.82. The molecule has 0 amide bonds. The van der Waals surface area contributed by atoms with Gasteiger partial charge in [-0.15, -0.1) is 0 Å². The van der Waals surface area contributed by atoms with Crippen molar-refractivity contribution >= 4 is 0 Å². The predicted octanol–water partition coefficient (Wildman–Crippen LogP) is 0.149. The zero-order valence-electron chi connectivity index (χ0n) is 9.56. The van der Waals surface area contributed by atoms with E-state index in [1.807, 2.05) is 31.3 Å². The highest BCUT2D eigenvalue weighted by molar-refractivity contribution is 5.29. The van der Waals surface area contributed by atoms with E-state index in [9.17, 15) is 10.2 Å². The Hall–Kier alpha value is -0.940. The van der Waals surface area contributed by atoms with Gasteiger partial charge in [0.2, 0.25) is 0 Å². The van der Waals surface area contributed by atoms with Crippen molar-refractivity contribution in [3.63, 3.8) is 0 Å². The van der Waals surface area contributed by atoms with E-state index in [0.717, 1.165) is 11.1 Å². The van der Waals surface area contributed by atoms with Gasteiger partial charge in [0.25, 0.3) is 0 Å². The van der Waals surface area contributed by atoms with Crippen LogP contribution in [-0.2, 0) is 6.54 Å². The first-order valence-electron chi connectivity index (χ1n) is 5.49. The van der Waals surface area contributed by atoms with Crippen LogP contribution in [0.1, 0.15) is 23.7 Å². The lowest BCUT2D eigenvalue weighted by atomic mass is 9.97. The molecule has 0 spiro atoms. The van der Waals surface area contributed by atoms with Gasteiger partial charge in [-0.1, -0.05) is 24.3 Å². The first-order chi connectivity index (χ1) is 7.70. The van der Waals surface area contributed by atoms with Gasteiger partial charge in [0.05, 0.1) is 6.10 Å². The molecule has 4 nitrogen and oxygen atoms in total. The standard InChI is InChI=1S/C12H20N2O2/c1-14-8-9-4-2-3-5-10(9)12(16)11(15)6-7-13/h2-5,11-12,14-16H,6-8,13H2,1H3. The number of hydrogen-bond acceptors (Lipinski definition) is 4. The third-order valence-corrected chi connectivity index (χ3v) is 2.57. The summed E-state index contributed by atoms with van der Waals surface area (Å²) in [5.74, 6) is 0. The molecule has 5 N–H and O–H groups in total. The van der Waals surface area contributed by atoms with Crippen LogP contribution in [0.5, 0.6) is 0 Å². The van der Waals surface area contributed by atoms with Gasteiger partial charge in [0.1, 0.15) is 6.10 Å². The van der Waals surface area contributed by atoms with Gasteiger partial charge in [0.15, 0.2) is 0 Å². The number of hydrogen-bond donors (Lipinski definition) is 4. The zero-order valence-corrected chi connectivity index (χ0v) is 9.56. The second-order valence-electron chi connectivity index (χ2n) is 3.82. The summed E-state index contributed by atoms with van der Waals surface area (Å²) >= 11 is 0. The predicted molar refractivity (Wildman–Crippen MR) is 63.8 cm³/mol. The third kappa shape index (κ3) is 3.28. The average Bonchev–Trinajstić information content (AvgIpc) is 2.29. The Kier molecular flexibility index (Phi) is 5.42. The molecule has 1 aromatic rings. The molecule has 0 fully saturated rings. The van der Waals surface area contributed by atoms with E-state index in [0.29, 0.717) is 19.5 Å². The lowest BCUT2D eigenvalue weighted by molar-refractivity contribution is 0.0145. The van der Waals surface area contributed by atoms with Crippen molar-refractivity contribution < 1.29 is 10.2 Å². The molecular weight excluding hydrogens is 204 g/mol. The molecule has 1 rings (SSSR count). The molecule has 0 aromatic heterocycles. The lowest BCUT2D eigenvalue weighted by Gasteiger charge is -2.20. The van der Waals surface area contributed by atoms with E-state index in [1.54, 1.807) is 0 Å². The summed E-state index contributed by atoms with van der Waals surface area (Å²) in [5.41, 5.74) is 7.11. The Bertz CT molecular complexity index is 318. The first kappa shape index (κ1) is 13.1. The number of aliphatic hydroxyl groups is 2. The normalized spacial score (nSPS) is 14.8. The van der Waals surface area contributed by atoms with E-state index < -0.39 is 12.2 Å². The van der Waals surface area contributed by atoms with Gasteiger partial charge in [-0.3, -0.25) is 0 Å². The summed E-state index contributed by atoms with van der Waals surface area (Å²) in [5, 5.41) is 22.7. The van der Waals surface area contributed by atoms with Gasteiger partial charge in [-0.2, -0.15) is 0 Å². The smallest absolute Gasteiger partial charge is 0.105 e. The SMILES string of the molecule is CNCc1ccccc1C(O)C(O)CCN. The number of rotatable bonds is 6. The maximum Gasteiger partial charge on any atom is 0.105 e. The van der Waals surface area contributed by atoms with Crippen molar-refractivity contribution in [3.8, 4) is 0 Å². The Balaban J connectivity index is 2.84. The molecule has 0 saturated heterocycles. The van der Waals surface area contributed by atoms with E-state index in [2.05, 4.69) is 5.32 Å². The number of aliphatic hydroxyl groups excluding tert-OH is 2. The molecule has 0 saturated carbocycles.